The average molecular weight is 315 g/mol. The van der Waals surface area contributed by atoms with Gasteiger partial charge in [-0.05, 0) is 30.7 Å². The molecule has 0 aromatic heterocycles. The van der Waals surface area contributed by atoms with Crippen molar-refractivity contribution in [1.29, 1.82) is 0 Å². The number of ether oxygens (including phenoxy) is 1. The fourth-order valence-electron chi connectivity index (χ4n) is 1.87. The average Bonchev–Trinajstić information content (AvgIpc) is 2.53. The Morgan fingerprint density at radius 1 is 1.09 bits per heavy atom. The van der Waals surface area contributed by atoms with Gasteiger partial charge in [-0.2, -0.15) is 0 Å². The highest BCUT2D eigenvalue weighted by molar-refractivity contribution is 6.31. The summed E-state index contributed by atoms with van der Waals surface area (Å²) in [7, 11) is 0. The van der Waals surface area contributed by atoms with Crippen molar-refractivity contribution in [2.75, 3.05) is 0 Å². The predicted octanol–water partition coefficient (Wildman–Crippen LogP) is 4.17. The van der Waals surface area contributed by atoms with E-state index in [-0.39, 0.29) is 5.78 Å². The smallest absolute Gasteiger partial charge is 0.331 e. The molecule has 3 nitrogen and oxygen atoms in total. The van der Waals surface area contributed by atoms with Crippen LogP contribution in [0.3, 0.4) is 0 Å². The van der Waals surface area contributed by atoms with Gasteiger partial charge < -0.3 is 4.74 Å². The number of Topliss-reactive ketones (excluding diaryl/α,β-unsaturated/α-hetero) is 1. The number of halogens is 1. The van der Waals surface area contributed by atoms with Gasteiger partial charge in [-0.1, -0.05) is 54.1 Å². The first-order valence-electron chi connectivity index (χ1n) is 6.80. The Morgan fingerprint density at radius 3 is 2.50 bits per heavy atom. The molecular weight excluding hydrogens is 300 g/mol. The molecule has 0 aliphatic heterocycles. The van der Waals surface area contributed by atoms with Crippen LogP contribution in [0, 0.1) is 0 Å². The molecule has 2 rings (SSSR count). The first-order chi connectivity index (χ1) is 10.6. The number of hydrogen-bond donors (Lipinski definition) is 0. The van der Waals surface area contributed by atoms with E-state index in [9.17, 15) is 9.59 Å². The molecule has 0 N–H and O–H groups in total. The van der Waals surface area contributed by atoms with Crippen LogP contribution in [-0.2, 0) is 9.53 Å². The zero-order chi connectivity index (χ0) is 15.9. The van der Waals surface area contributed by atoms with E-state index in [0.29, 0.717) is 10.6 Å². The van der Waals surface area contributed by atoms with Gasteiger partial charge in [0.25, 0.3) is 0 Å². The lowest BCUT2D eigenvalue weighted by Crippen LogP contribution is -2.23. The van der Waals surface area contributed by atoms with Crippen molar-refractivity contribution in [3.63, 3.8) is 0 Å². The number of hydrogen-bond acceptors (Lipinski definition) is 3. The van der Waals surface area contributed by atoms with Gasteiger partial charge in [0, 0.05) is 16.7 Å². The molecule has 0 bridgehead atoms. The highest BCUT2D eigenvalue weighted by atomic mass is 35.5. The zero-order valence-electron chi connectivity index (χ0n) is 12.0. The van der Waals surface area contributed by atoms with E-state index in [1.165, 1.54) is 13.0 Å². The van der Waals surface area contributed by atoms with Crippen LogP contribution in [0.4, 0.5) is 0 Å². The second-order valence-electron chi connectivity index (χ2n) is 4.70. The molecule has 2 aromatic carbocycles. The number of esters is 1. The van der Waals surface area contributed by atoms with Gasteiger partial charge in [0.15, 0.2) is 6.10 Å². The lowest BCUT2D eigenvalue weighted by atomic mass is 10.1. The van der Waals surface area contributed by atoms with Crippen LogP contribution in [0.1, 0.15) is 22.8 Å². The summed E-state index contributed by atoms with van der Waals surface area (Å²) in [5, 5.41) is 0.466. The quantitative estimate of drug-likeness (QED) is 0.472. The third kappa shape index (κ3) is 4.57. The highest BCUT2D eigenvalue weighted by Gasteiger charge is 2.18. The third-order valence-electron chi connectivity index (χ3n) is 2.98. The zero-order valence-corrected chi connectivity index (χ0v) is 12.8. The Hall–Kier alpha value is -2.39. The molecule has 1 atom stereocenters. The second-order valence-corrected chi connectivity index (χ2v) is 5.13. The summed E-state index contributed by atoms with van der Waals surface area (Å²) >= 11 is 5.85. The van der Waals surface area contributed by atoms with Gasteiger partial charge in [-0.3, -0.25) is 4.79 Å². The lowest BCUT2D eigenvalue weighted by Gasteiger charge is -2.11. The summed E-state index contributed by atoms with van der Waals surface area (Å²) in [6, 6.07) is 15.9. The topological polar surface area (TPSA) is 43.4 Å². The van der Waals surface area contributed by atoms with E-state index < -0.39 is 12.1 Å². The Morgan fingerprint density at radius 2 is 1.82 bits per heavy atom. The monoisotopic (exact) mass is 314 g/mol. The molecule has 4 heteroatoms. The van der Waals surface area contributed by atoms with Crippen LogP contribution >= 0.6 is 11.6 Å². The van der Waals surface area contributed by atoms with Crippen LogP contribution in [0.2, 0.25) is 5.02 Å². The highest BCUT2D eigenvalue weighted by Crippen LogP contribution is 2.13. The van der Waals surface area contributed by atoms with Crippen molar-refractivity contribution >= 4 is 29.4 Å². The largest absolute Gasteiger partial charge is 0.451 e. The van der Waals surface area contributed by atoms with E-state index in [1.807, 2.05) is 30.3 Å². The summed E-state index contributed by atoms with van der Waals surface area (Å²) in [6.45, 7) is 1.54. The standard InChI is InChI=1S/C18H15ClO3/c1-13(18(21)15-8-5-9-16(19)12-15)22-17(20)11-10-14-6-3-2-4-7-14/h2-13H,1H3/b11-10+. The minimum absolute atomic E-state index is 0.288. The van der Waals surface area contributed by atoms with Crippen LogP contribution in [0.25, 0.3) is 6.08 Å². The second kappa shape index (κ2) is 7.57. The SMILES string of the molecule is CC(OC(=O)/C=C/c1ccccc1)C(=O)c1cccc(Cl)c1. The summed E-state index contributed by atoms with van der Waals surface area (Å²) in [4.78, 5) is 23.9. The third-order valence-corrected chi connectivity index (χ3v) is 3.22. The molecule has 0 heterocycles. The molecular formula is C18H15ClO3. The first-order valence-corrected chi connectivity index (χ1v) is 7.17. The Labute approximate surface area is 134 Å². The first kappa shape index (κ1) is 16.0. The van der Waals surface area contributed by atoms with Crippen molar-refractivity contribution in [3.05, 3.63) is 76.8 Å². The number of benzene rings is 2. The molecule has 0 saturated heterocycles. The van der Waals surface area contributed by atoms with Gasteiger partial charge in [0.2, 0.25) is 5.78 Å². The number of carbonyl (C=O) groups excluding carboxylic acids is 2. The maximum atomic E-state index is 12.1. The Kier molecular flexibility index (Phi) is 5.50. The van der Waals surface area contributed by atoms with Crippen LogP contribution < -0.4 is 0 Å². The van der Waals surface area contributed by atoms with E-state index in [4.69, 9.17) is 16.3 Å². The van der Waals surface area contributed by atoms with E-state index in [2.05, 4.69) is 0 Å². The molecule has 0 saturated carbocycles. The number of rotatable bonds is 5. The fraction of sp³-hybridized carbons (Fsp3) is 0.111. The van der Waals surface area contributed by atoms with Crippen LogP contribution in [0.15, 0.2) is 60.7 Å². The molecule has 2 aromatic rings. The summed E-state index contributed by atoms with van der Waals surface area (Å²) in [6.07, 6.45) is 2.07. The van der Waals surface area contributed by atoms with Crippen LogP contribution in [0.5, 0.6) is 0 Å². The minimum Gasteiger partial charge on any atom is -0.451 e. The molecule has 112 valence electrons. The maximum absolute atomic E-state index is 12.1. The van der Waals surface area contributed by atoms with Gasteiger partial charge in [-0.25, -0.2) is 4.79 Å². The molecule has 0 radical (unpaired) electrons. The molecule has 1 unspecified atom stereocenters. The van der Waals surface area contributed by atoms with Crippen molar-refractivity contribution in [1.82, 2.24) is 0 Å². The predicted molar refractivity (Wildman–Crippen MR) is 86.8 cm³/mol. The van der Waals surface area contributed by atoms with Crippen molar-refractivity contribution in [2.24, 2.45) is 0 Å². The molecule has 0 fully saturated rings. The Balaban J connectivity index is 1.96. The maximum Gasteiger partial charge on any atom is 0.331 e. The summed E-state index contributed by atoms with van der Waals surface area (Å²) in [5.74, 6) is -0.851. The van der Waals surface area contributed by atoms with Gasteiger partial charge in [0.1, 0.15) is 0 Å². The normalized spacial score (nSPS) is 12.1. The van der Waals surface area contributed by atoms with E-state index in [1.54, 1.807) is 30.3 Å². The van der Waals surface area contributed by atoms with Gasteiger partial charge in [-0.15, -0.1) is 0 Å². The van der Waals surface area contributed by atoms with Crippen molar-refractivity contribution in [2.45, 2.75) is 13.0 Å². The number of ketones is 1. The Bertz CT molecular complexity index is 692. The minimum atomic E-state index is -0.869. The van der Waals surface area contributed by atoms with Gasteiger partial charge in [0.05, 0.1) is 0 Å². The molecule has 0 spiro atoms. The molecule has 22 heavy (non-hydrogen) atoms. The van der Waals surface area contributed by atoms with E-state index >= 15 is 0 Å². The van der Waals surface area contributed by atoms with Crippen molar-refractivity contribution < 1.29 is 14.3 Å². The van der Waals surface area contributed by atoms with E-state index in [0.717, 1.165) is 5.56 Å². The van der Waals surface area contributed by atoms with Gasteiger partial charge >= 0.3 is 5.97 Å². The molecule has 0 aliphatic rings. The summed E-state index contributed by atoms with van der Waals surface area (Å²) in [5.41, 5.74) is 1.30. The summed E-state index contributed by atoms with van der Waals surface area (Å²) < 4.78 is 5.11. The number of carbonyl (C=O) groups is 2. The molecule has 0 aliphatic carbocycles. The van der Waals surface area contributed by atoms with Crippen LogP contribution in [-0.4, -0.2) is 17.9 Å². The fourth-order valence-corrected chi connectivity index (χ4v) is 2.06. The van der Waals surface area contributed by atoms with Crippen molar-refractivity contribution in [3.8, 4) is 0 Å². The molecule has 0 amide bonds. The lowest BCUT2D eigenvalue weighted by molar-refractivity contribution is -0.140.